The molecule has 0 spiro atoms. The molecule has 1 amide bonds. The third kappa shape index (κ3) is 3.80. The summed E-state index contributed by atoms with van der Waals surface area (Å²) >= 11 is 0. The second-order valence-corrected chi connectivity index (χ2v) is 5.59. The Morgan fingerprint density at radius 2 is 2.08 bits per heavy atom. The number of fused-ring (bicyclic) bond motifs is 1. The Bertz CT molecular complexity index is 832. The SMILES string of the molecule is C=CN=C(N=C)NC(=O)c1ccc(N2CCc3ccccc3C2)nc1.[HH]. The van der Waals surface area contributed by atoms with Crippen molar-refractivity contribution in [2.45, 2.75) is 13.0 Å². The van der Waals surface area contributed by atoms with Crippen LogP contribution in [-0.4, -0.2) is 30.1 Å². The number of benzene rings is 1. The molecular formula is C19H21N5O. The largest absolute Gasteiger partial charge is 0.352 e. The Balaban J connectivity index is 0.00000243. The van der Waals surface area contributed by atoms with E-state index in [0.29, 0.717) is 5.56 Å². The van der Waals surface area contributed by atoms with Crippen LogP contribution in [0.15, 0.2) is 65.4 Å². The van der Waals surface area contributed by atoms with Crippen molar-refractivity contribution in [2.75, 3.05) is 11.4 Å². The fraction of sp³-hybridized carbons (Fsp3) is 0.158. The molecule has 1 aromatic heterocycles. The maximum atomic E-state index is 12.2. The molecule has 0 unspecified atom stereocenters. The highest BCUT2D eigenvalue weighted by Crippen LogP contribution is 2.22. The maximum Gasteiger partial charge on any atom is 0.259 e. The number of hydrogen-bond acceptors (Lipinski definition) is 4. The Morgan fingerprint density at radius 1 is 1.28 bits per heavy atom. The molecule has 6 nitrogen and oxygen atoms in total. The summed E-state index contributed by atoms with van der Waals surface area (Å²) in [5, 5.41) is 2.55. The quantitative estimate of drug-likeness (QED) is 0.692. The number of carbonyl (C=O) groups is 1. The Kier molecular flexibility index (Phi) is 4.99. The first-order valence-corrected chi connectivity index (χ1v) is 7.96. The molecule has 1 N–H and O–H groups in total. The van der Waals surface area contributed by atoms with Gasteiger partial charge in [-0.15, -0.1) is 0 Å². The highest BCUT2D eigenvalue weighted by Gasteiger charge is 2.17. The van der Waals surface area contributed by atoms with Gasteiger partial charge in [-0.1, -0.05) is 30.8 Å². The molecule has 0 radical (unpaired) electrons. The van der Waals surface area contributed by atoms with E-state index in [9.17, 15) is 4.79 Å². The Hall–Kier alpha value is -3.28. The van der Waals surface area contributed by atoms with Gasteiger partial charge >= 0.3 is 0 Å². The fourth-order valence-electron chi connectivity index (χ4n) is 2.77. The first-order valence-electron chi connectivity index (χ1n) is 7.96. The highest BCUT2D eigenvalue weighted by molar-refractivity contribution is 6.06. The molecule has 1 aliphatic heterocycles. The zero-order valence-electron chi connectivity index (χ0n) is 13.9. The zero-order chi connectivity index (χ0) is 17.6. The van der Waals surface area contributed by atoms with Crippen molar-refractivity contribution in [3.63, 3.8) is 0 Å². The van der Waals surface area contributed by atoms with E-state index in [1.165, 1.54) is 17.3 Å². The molecule has 0 saturated carbocycles. The second-order valence-electron chi connectivity index (χ2n) is 5.59. The van der Waals surface area contributed by atoms with E-state index in [1.807, 2.05) is 6.07 Å². The Morgan fingerprint density at radius 3 is 2.76 bits per heavy atom. The van der Waals surface area contributed by atoms with Crippen LogP contribution in [-0.2, 0) is 13.0 Å². The van der Waals surface area contributed by atoms with Crippen molar-refractivity contribution in [1.29, 1.82) is 0 Å². The normalized spacial score (nSPS) is 13.8. The lowest BCUT2D eigenvalue weighted by molar-refractivity contribution is 0.0976. The molecular weight excluding hydrogens is 314 g/mol. The summed E-state index contributed by atoms with van der Waals surface area (Å²) in [5.74, 6) is 0.626. The van der Waals surface area contributed by atoms with Gasteiger partial charge in [-0.3, -0.25) is 10.1 Å². The first-order chi connectivity index (χ1) is 12.2. The molecule has 2 aromatic rings. The number of nitrogens with zero attached hydrogens (tertiary/aromatic N) is 4. The minimum Gasteiger partial charge on any atom is -0.352 e. The number of pyridine rings is 1. The smallest absolute Gasteiger partial charge is 0.259 e. The van der Waals surface area contributed by atoms with Crippen LogP contribution < -0.4 is 10.2 Å². The van der Waals surface area contributed by atoms with Gasteiger partial charge in [0.2, 0.25) is 5.96 Å². The monoisotopic (exact) mass is 335 g/mol. The molecule has 1 aliphatic rings. The van der Waals surface area contributed by atoms with E-state index in [1.54, 1.807) is 12.3 Å². The van der Waals surface area contributed by atoms with Crippen LogP contribution in [0.1, 0.15) is 22.9 Å². The van der Waals surface area contributed by atoms with Gasteiger partial charge in [0.25, 0.3) is 5.91 Å². The fourth-order valence-corrected chi connectivity index (χ4v) is 2.77. The zero-order valence-corrected chi connectivity index (χ0v) is 13.9. The summed E-state index contributed by atoms with van der Waals surface area (Å²) < 4.78 is 0. The van der Waals surface area contributed by atoms with Crippen molar-refractivity contribution >= 4 is 24.4 Å². The number of amides is 1. The number of nitrogens with one attached hydrogen (secondary N) is 1. The highest BCUT2D eigenvalue weighted by atomic mass is 16.1. The maximum absolute atomic E-state index is 12.2. The van der Waals surface area contributed by atoms with Crippen LogP contribution >= 0.6 is 0 Å². The minimum absolute atomic E-state index is 0. The summed E-state index contributed by atoms with van der Waals surface area (Å²) in [7, 11) is 0. The van der Waals surface area contributed by atoms with Gasteiger partial charge in [-0.05, 0) is 36.4 Å². The summed E-state index contributed by atoms with van der Waals surface area (Å²) in [6, 6.07) is 12.0. The predicted molar refractivity (Wildman–Crippen MR) is 102 cm³/mol. The van der Waals surface area contributed by atoms with Gasteiger partial charge in [-0.25, -0.2) is 15.0 Å². The first kappa shape index (κ1) is 16.6. The van der Waals surface area contributed by atoms with E-state index in [0.717, 1.165) is 25.3 Å². The predicted octanol–water partition coefficient (Wildman–Crippen LogP) is 2.82. The minimum atomic E-state index is -0.337. The third-order valence-corrected chi connectivity index (χ3v) is 4.05. The number of aliphatic imine (C=N–C) groups is 2. The van der Waals surface area contributed by atoms with Crippen molar-refractivity contribution < 1.29 is 6.22 Å². The third-order valence-electron chi connectivity index (χ3n) is 4.05. The lowest BCUT2D eigenvalue weighted by atomic mass is 10.00. The van der Waals surface area contributed by atoms with Crippen molar-refractivity contribution in [3.05, 3.63) is 72.1 Å². The number of guanidine groups is 1. The van der Waals surface area contributed by atoms with Crippen LogP contribution in [0.3, 0.4) is 0 Å². The molecule has 2 heterocycles. The summed E-state index contributed by atoms with van der Waals surface area (Å²) in [4.78, 5) is 26.2. The molecule has 6 heteroatoms. The van der Waals surface area contributed by atoms with Crippen LogP contribution in [0.5, 0.6) is 0 Å². The van der Waals surface area contributed by atoms with Gasteiger partial charge in [0, 0.05) is 26.9 Å². The van der Waals surface area contributed by atoms with E-state index in [4.69, 9.17) is 0 Å². The van der Waals surface area contributed by atoms with E-state index < -0.39 is 0 Å². The summed E-state index contributed by atoms with van der Waals surface area (Å²) in [5.41, 5.74) is 3.14. The lowest BCUT2D eigenvalue weighted by Gasteiger charge is -2.29. The van der Waals surface area contributed by atoms with Crippen LogP contribution in [0.4, 0.5) is 5.82 Å². The van der Waals surface area contributed by atoms with E-state index in [-0.39, 0.29) is 13.3 Å². The van der Waals surface area contributed by atoms with Gasteiger partial charge < -0.3 is 4.90 Å². The molecule has 0 bridgehead atoms. The summed E-state index contributed by atoms with van der Waals surface area (Å²) in [6.45, 7) is 8.55. The average Bonchev–Trinajstić information content (AvgIpc) is 2.67. The number of anilines is 1. The standard InChI is InChI=1S/C19H19N5O.H2/c1-3-21-19(20-2)23-18(25)15-8-9-17(22-12-15)24-11-10-14-6-4-5-7-16(14)13-24;/h3-9,12H,1-2,10-11,13H2,(H,21,23,25);1H. The molecule has 1 aromatic carbocycles. The van der Waals surface area contributed by atoms with Crippen LogP contribution in [0, 0.1) is 0 Å². The molecule has 0 fully saturated rings. The van der Waals surface area contributed by atoms with E-state index >= 15 is 0 Å². The summed E-state index contributed by atoms with van der Waals surface area (Å²) in [6.07, 6.45) is 3.84. The molecule has 25 heavy (non-hydrogen) atoms. The van der Waals surface area contributed by atoms with Crippen molar-refractivity contribution in [2.24, 2.45) is 9.98 Å². The number of hydrogen-bond donors (Lipinski definition) is 1. The molecule has 0 atom stereocenters. The number of carbonyl (C=O) groups excluding carboxylic acids is 1. The van der Waals surface area contributed by atoms with E-state index in [2.05, 4.69) is 62.7 Å². The van der Waals surface area contributed by atoms with Gasteiger partial charge in [0.05, 0.1) is 5.56 Å². The molecule has 128 valence electrons. The molecule has 0 saturated heterocycles. The topological polar surface area (TPSA) is 70.0 Å². The van der Waals surface area contributed by atoms with Crippen molar-refractivity contribution in [3.8, 4) is 0 Å². The van der Waals surface area contributed by atoms with Gasteiger partial charge in [0.15, 0.2) is 0 Å². The van der Waals surface area contributed by atoms with Gasteiger partial charge in [-0.2, -0.15) is 0 Å². The van der Waals surface area contributed by atoms with Crippen LogP contribution in [0.2, 0.25) is 0 Å². The van der Waals surface area contributed by atoms with Crippen molar-refractivity contribution in [1.82, 2.24) is 10.3 Å². The second kappa shape index (κ2) is 7.53. The number of aromatic nitrogens is 1. The average molecular weight is 335 g/mol. The molecule has 0 aliphatic carbocycles. The molecule has 3 rings (SSSR count). The Labute approximate surface area is 148 Å². The lowest BCUT2D eigenvalue weighted by Crippen LogP contribution is -2.31. The van der Waals surface area contributed by atoms with Gasteiger partial charge in [0.1, 0.15) is 5.82 Å². The number of rotatable bonds is 3. The van der Waals surface area contributed by atoms with Crippen LogP contribution in [0.25, 0.3) is 0 Å².